The average molecular weight is 352 g/mol. The number of rotatable bonds is 4. The Morgan fingerprint density at radius 2 is 1.92 bits per heavy atom. The fourth-order valence-electron chi connectivity index (χ4n) is 4.76. The fourth-order valence-corrected chi connectivity index (χ4v) is 4.76. The van der Waals surface area contributed by atoms with E-state index in [1.807, 2.05) is 12.4 Å². The Hall–Kier alpha value is -2.17. The predicted octanol–water partition coefficient (Wildman–Crippen LogP) is 3.69. The van der Waals surface area contributed by atoms with E-state index in [2.05, 4.69) is 57.8 Å². The van der Waals surface area contributed by atoms with Gasteiger partial charge in [-0.15, -0.1) is 10.2 Å². The predicted molar refractivity (Wildman–Crippen MR) is 101 cm³/mol. The largest absolute Gasteiger partial charge is 0.340 e. The van der Waals surface area contributed by atoms with Gasteiger partial charge in [-0.3, -0.25) is 4.79 Å². The van der Waals surface area contributed by atoms with Crippen LogP contribution in [0.25, 0.3) is 0 Å². The molecular formula is C21H28N4O. The highest BCUT2D eigenvalue weighted by Crippen LogP contribution is 2.43. The van der Waals surface area contributed by atoms with Crippen LogP contribution in [0.1, 0.15) is 69.3 Å². The van der Waals surface area contributed by atoms with Crippen LogP contribution in [0, 0.1) is 0 Å². The maximum atomic E-state index is 13.6. The molecule has 138 valence electrons. The zero-order valence-corrected chi connectivity index (χ0v) is 15.8. The Morgan fingerprint density at radius 1 is 1.19 bits per heavy atom. The molecule has 0 N–H and O–H groups in total. The third-order valence-electron chi connectivity index (χ3n) is 6.15. The molecule has 1 aromatic carbocycles. The van der Waals surface area contributed by atoms with E-state index in [9.17, 15) is 4.79 Å². The quantitative estimate of drug-likeness (QED) is 0.843. The maximum absolute atomic E-state index is 13.6. The van der Waals surface area contributed by atoms with Crippen molar-refractivity contribution >= 4 is 5.91 Å². The molecule has 5 heteroatoms. The molecule has 0 bridgehead atoms. The number of aromatic nitrogens is 3. The first-order chi connectivity index (χ1) is 12.6. The van der Waals surface area contributed by atoms with Crippen LogP contribution in [0.2, 0.25) is 0 Å². The Morgan fingerprint density at radius 3 is 2.62 bits per heavy atom. The summed E-state index contributed by atoms with van der Waals surface area (Å²) in [5, 5.41) is 8.38. The molecule has 1 saturated carbocycles. The lowest BCUT2D eigenvalue weighted by Gasteiger charge is -2.33. The van der Waals surface area contributed by atoms with Gasteiger partial charge in [-0.1, -0.05) is 57.0 Å². The highest BCUT2D eigenvalue weighted by atomic mass is 16.2. The van der Waals surface area contributed by atoms with Crippen molar-refractivity contribution in [2.75, 3.05) is 13.1 Å². The summed E-state index contributed by atoms with van der Waals surface area (Å²) in [5.74, 6) is 1.68. The lowest BCUT2D eigenvalue weighted by molar-refractivity contribution is -0.136. The molecule has 4 rings (SSSR count). The molecule has 1 aliphatic heterocycles. The standard InChI is InChI=1S/C21H28N4O/c1-16(2)19-23-22-15-25(19)18-10-13-24(14-18)20(26)21(11-6-7-12-21)17-8-4-3-5-9-17/h3-5,8-9,15-16,18H,6-7,10-14H2,1-2H3. The summed E-state index contributed by atoms with van der Waals surface area (Å²) in [6.07, 6.45) is 7.04. The van der Waals surface area contributed by atoms with Gasteiger partial charge < -0.3 is 9.47 Å². The van der Waals surface area contributed by atoms with E-state index in [1.54, 1.807) is 0 Å². The Balaban J connectivity index is 1.56. The van der Waals surface area contributed by atoms with Crippen molar-refractivity contribution < 1.29 is 4.79 Å². The van der Waals surface area contributed by atoms with Gasteiger partial charge in [0.1, 0.15) is 12.2 Å². The Labute approximate surface area is 155 Å². The summed E-state index contributed by atoms with van der Waals surface area (Å²) in [5.41, 5.74) is 0.877. The normalized spacial score (nSPS) is 22.3. The second-order valence-electron chi connectivity index (χ2n) is 8.10. The first kappa shape index (κ1) is 17.3. The lowest BCUT2D eigenvalue weighted by atomic mass is 9.77. The van der Waals surface area contributed by atoms with Crippen LogP contribution >= 0.6 is 0 Å². The molecule has 2 fully saturated rings. The smallest absolute Gasteiger partial charge is 0.233 e. The molecule has 2 aromatic rings. The molecule has 2 heterocycles. The summed E-state index contributed by atoms with van der Waals surface area (Å²) in [6.45, 7) is 5.88. The van der Waals surface area contributed by atoms with Crippen molar-refractivity contribution in [2.24, 2.45) is 0 Å². The van der Waals surface area contributed by atoms with E-state index in [4.69, 9.17) is 0 Å². The molecule has 26 heavy (non-hydrogen) atoms. The van der Waals surface area contributed by atoms with Crippen molar-refractivity contribution in [3.63, 3.8) is 0 Å². The summed E-state index contributed by atoms with van der Waals surface area (Å²) in [7, 11) is 0. The number of likely N-dealkylation sites (tertiary alicyclic amines) is 1. The lowest BCUT2D eigenvalue weighted by Crippen LogP contribution is -2.44. The Bertz CT molecular complexity index is 761. The van der Waals surface area contributed by atoms with E-state index < -0.39 is 0 Å². The molecule has 1 aliphatic carbocycles. The SMILES string of the molecule is CC(C)c1nncn1C1CCN(C(=O)C2(c3ccccc3)CCCC2)C1. The number of carbonyl (C=O) groups is 1. The molecule has 2 aliphatic rings. The van der Waals surface area contributed by atoms with Crippen LogP contribution in [0.3, 0.4) is 0 Å². The van der Waals surface area contributed by atoms with E-state index in [0.29, 0.717) is 17.9 Å². The minimum Gasteiger partial charge on any atom is -0.340 e. The van der Waals surface area contributed by atoms with Crippen molar-refractivity contribution in [2.45, 2.75) is 63.3 Å². The number of nitrogens with zero attached hydrogens (tertiary/aromatic N) is 4. The van der Waals surface area contributed by atoms with Gasteiger partial charge in [-0.25, -0.2) is 0 Å². The highest BCUT2D eigenvalue weighted by Gasteiger charge is 2.46. The van der Waals surface area contributed by atoms with E-state index in [1.165, 1.54) is 5.56 Å². The Kier molecular flexibility index (Phi) is 4.55. The molecule has 1 aromatic heterocycles. The van der Waals surface area contributed by atoms with E-state index >= 15 is 0 Å². The third kappa shape index (κ3) is 2.83. The molecule has 0 spiro atoms. The highest BCUT2D eigenvalue weighted by molar-refractivity contribution is 5.89. The van der Waals surface area contributed by atoms with Crippen LogP contribution in [0.4, 0.5) is 0 Å². The number of hydrogen-bond acceptors (Lipinski definition) is 3. The minimum absolute atomic E-state index is 0.292. The molecule has 1 amide bonds. The number of carbonyl (C=O) groups excluding carboxylic acids is 1. The second kappa shape index (κ2) is 6.86. The van der Waals surface area contributed by atoms with E-state index in [0.717, 1.165) is 51.0 Å². The zero-order valence-electron chi connectivity index (χ0n) is 15.8. The van der Waals surface area contributed by atoms with Gasteiger partial charge in [0.15, 0.2) is 0 Å². The summed E-state index contributed by atoms with van der Waals surface area (Å²) in [4.78, 5) is 15.7. The first-order valence-electron chi connectivity index (χ1n) is 9.86. The summed E-state index contributed by atoms with van der Waals surface area (Å²) in [6, 6.07) is 10.7. The van der Waals surface area contributed by atoms with Crippen LogP contribution in [0.15, 0.2) is 36.7 Å². The molecule has 1 atom stereocenters. The van der Waals surface area contributed by atoms with Gasteiger partial charge in [0.2, 0.25) is 5.91 Å². The zero-order chi connectivity index (χ0) is 18.1. The van der Waals surface area contributed by atoms with Crippen LogP contribution in [-0.2, 0) is 10.2 Å². The number of hydrogen-bond donors (Lipinski definition) is 0. The molecule has 1 unspecified atom stereocenters. The van der Waals surface area contributed by atoms with Crippen molar-refractivity contribution in [1.29, 1.82) is 0 Å². The van der Waals surface area contributed by atoms with Gasteiger partial charge in [0.25, 0.3) is 0 Å². The number of benzene rings is 1. The number of amides is 1. The fraction of sp³-hybridized carbons (Fsp3) is 0.571. The van der Waals surface area contributed by atoms with Gasteiger partial charge >= 0.3 is 0 Å². The first-order valence-corrected chi connectivity index (χ1v) is 9.86. The topological polar surface area (TPSA) is 51.0 Å². The van der Waals surface area contributed by atoms with Crippen LogP contribution in [0.5, 0.6) is 0 Å². The second-order valence-corrected chi connectivity index (χ2v) is 8.10. The maximum Gasteiger partial charge on any atom is 0.233 e. The van der Waals surface area contributed by atoms with Gasteiger partial charge in [0, 0.05) is 19.0 Å². The summed E-state index contributed by atoms with van der Waals surface area (Å²) < 4.78 is 2.18. The van der Waals surface area contributed by atoms with Gasteiger partial charge in [-0.2, -0.15) is 0 Å². The molecule has 0 radical (unpaired) electrons. The average Bonchev–Trinajstić information content (AvgIpc) is 3.41. The van der Waals surface area contributed by atoms with Gasteiger partial charge in [-0.05, 0) is 24.8 Å². The van der Waals surface area contributed by atoms with Crippen LogP contribution < -0.4 is 0 Å². The molecule has 1 saturated heterocycles. The van der Waals surface area contributed by atoms with Crippen molar-refractivity contribution in [3.05, 3.63) is 48.0 Å². The summed E-state index contributed by atoms with van der Waals surface area (Å²) >= 11 is 0. The van der Waals surface area contributed by atoms with Crippen molar-refractivity contribution in [3.8, 4) is 0 Å². The van der Waals surface area contributed by atoms with Crippen LogP contribution in [-0.4, -0.2) is 38.7 Å². The molecular weight excluding hydrogens is 324 g/mol. The minimum atomic E-state index is -0.315. The van der Waals surface area contributed by atoms with Crippen molar-refractivity contribution in [1.82, 2.24) is 19.7 Å². The van der Waals surface area contributed by atoms with E-state index in [-0.39, 0.29) is 5.41 Å². The monoisotopic (exact) mass is 352 g/mol. The third-order valence-corrected chi connectivity index (χ3v) is 6.15. The molecule has 5 nitrogen and oxygen atoms in total. The van der Waals surface area contributed by atoms with Gasteiger partial charge in [0.05, 0.1) is 11.5 Å².